The van der Waals surface area contributed by atoms with Crippen molar-refractivity contribution in [1.29, 1.82) is 0 Å². The molecule has 0 aromatic heterocycles. The van der Waals surface area contributed by atoms with E-state index in [0.29, 0.717) is 0 Å². The fourth-order valence-corrected chi connectivity index (χ4v) is 33.5. The van der Waals surface area contributed by atoms with Gasteiger partial charge in [0.25, 0.3) is 0 Å². The van der Waals surface area contributed by atoms with Crippen LogP contribution in [-0.4, -0.2) is 16.3 Å². The minimum atomic E-state index is -3.77. The van der Waals surface area contributed by atoms with Crippen molar-refractivity contribution in [3.8, 4) is 0 Å². The number of hydrogen-bond donors (Lipinski definition) is 0. The van der Waals surface area contributed by atoms with Crippen LogP contribution in [0.5, 0.6) is 0 Å². The third kappa shape index (κ3) is 4.09. The molecule has 0 aromatic carbocycles. The van der Waals surface area contributed by atoms with Gasteiger partial charge in [-0.1, -0.05) is 0 Å². The Morgan fingerprint density at radius 1 is 0.576 bits per heavy atom. The van der Waals surface area contributed by atoms with Gasteiger partial charge in [-0.3, -0.25) is 0 Å². The Morgan fingerprint density at radius 2 is 0.909 bits per heavy atom. The van der Waals surface area contributed by atoms with Crippen molar-refractivity contribution in [2.24, 2.45) is 23.7 Å². The van der Waals surface area contributed by atoms with Gasteiger partial charge in [-0.2, -0.15) is 0 Å². The second kappa shape index (κ2) is 9.87. The van der Waals surface area contributed by atoms with Crippen molar-refractivity contribution in [1.82, 2.24) is 0 Å². The Kier molecular flexibility index (Phi) is 7.36. The fraction of sp³-hybridized carbons (Fsp3) is 0.786. The van der Waals surface area contributed by atoms with Crippen LogP contribution < -0.4 is 0 Å². The molecule has 2 aliphatic heterocycles. The molecular formula is C28H40Cl2P2Zr. The summed E-state index contributed by atoms with van der Waals surface area (Å²) >= 11 is -3.77. The maximum atomic E-state index is 8.20. The van der Waals surface area contributed by atoms with E-state index in [2.05, 4.69) is 24.3 Å². The van der Waals surface area contributed by atoms with Crippen molar-refractivity contribution >= 4 is 44.0 Å². The second-order valence-electron chi connectivity index (χ2n) is 11.9. The summed E-state index contributed by atoms with van der Waals surface area (Å²) in [4.78, 5) is 0. The van der Waals surface area contributed by atoms with Gasteiger partial charge in [0.2, 0.25) is 0 Å². The van der Waals surface area contributed by atoms with E-state index < -0.39 is 17.9 Å². The van der Waals surface area contributed by atoms with E-state index in [9.17, 15) is 0 Å². The van der Waals surface area contributed by atoms with Crippen molar-refractivity contribution in [2.75, 3.05) is 0 Å². The molecule has 33 heavy (non-hydrogen) atoms. The van der Waals surface area contributed by atoms with E-state index in [4.69, 9.17) is 17.0 Å². The first kappa shape index (κ1) is 24.6. The van der Waals surface area contributed by atoms with E-state index in [1.165, 1.54) is 103 Å². The zero-order valence-electron chi connectivity index (χ0n) is 20.1. The number of hydrogen-bond acceptors (Lipinski definition) is 0. The van der Waals surface area contributed by atoms with E-state index in [1.807, 2.05) is 0 Å². The molecule has 6 rings (SSSR count). The van der Waals surface area contributed by atoms with Crippen LogP contribution in [0.4, 0.5) is 0 Å². The molecule has 2 unspecified atom stereocenters. The molecule has 0 amide bonds. The monoisotopic (exact) mass is 598 g/mol. The molecule has 0 bridgehead atoms. The molecule has 4 fully saturated rings. The van der Waals surface area contributed by atoms with Crippen molar-refractivity contribution in [2.45, 2.75) is 108 Å². The SMILES string of the molecule is [Cl][Zr]([Cl])([C]1(C2CCCC2)C=CC(C2CCCC2)=P1)[C]1(C2CCCC2)C=CC(C2CCCC2)=P1. The van der Waals surface area contributed by atoms with Crippen LogP contribution in [0.15, 0.2) is 24.3 Å². The van der Waals surface area contributed by atoms with Crippen LogP contribution in [0.1, 0.15) is 103 Å². The zero-order chi connectivity index (χ0) is 22.5. The summed E-state index contributed by atoms with van der Waals surface area (Å²) < 4.78 is 0.189. The molecule has 0 radical (unpaired) electrons. The van der Waals surface area contributed by atoms with Crippen LogP contribution in [0.2, 0.25) is 0 Å². The standard InChI is InChI=1S/2C14H20P.2ClH.Zr/c2*1-2-6-11(5-1)13-9-10-14(15-13)12-7-3-4-8-12;;;/h2*9-12H,1-8H2;2*1H;/q;;;;+2/p-2. The molecule has 6 aliphatic rings. The van der Waals surface area contributed by atoms with E-state index in [-0.39, 0.29) is 5.73 Å². The van der Waals surface area contributed by atoms with E-state index in [0.717, 1.165) is 23.7 Å². The van der Waals surface area contributed by atoms with Crippen LogP contribution >= 0.6 is 33.4 Å². The maximum absolute atomic E-state index is 8.20. The molecule has 2 heterocycles. The molecule has 0 saturated heterocycles. The molecule has 0 aromatic rings. The van der Waals surface area contributed by atoms with E-state index in [1.54, 1.807) is 27.0 Å². The van der Waals surface area contributed by atoms with Gasteiger partial charge in [0.1, 0.15) is 0 Å². The third-order valence-corrected chi connectivity index (χ3v) is 37.4. The third-order valence-electron chi connectivity index (χ3n) is 10.2. The molecule has 4 aliphatic carbocycles. The van der Waals surface area contributed by atoms with Crippen molar-refractivity contribution < 1.29 is 17.9 Å². The molecule has 2 atom stereocenters. The molecule has 4 saturated carbocycles. The molecule has 180 valence electrons. The number of rotatable bonds is 6. The Labute approximate surface area is 216 Å². The Morgan fingerprint density at radius 3 is 1.27 bits per heavy atom. The summed E-state index contributed by atoms with van der Waals surface area (Å²) in [7, 11) is 19.5. The zero-order valence-corrected chi connectivity index (χ0v) is 25.8. The van der Waals surface area contributed by atoms with E-state index >= 15 is 0 Å². The first-order valence-electron chi connectivity index (χ1n) is 14.0. The van der Waals surface area contributed by atoms with Gasteiger partial charge in [0, 0.05) is 0 Å². The van der Waals surface area contributed by atoms with Crippen molar-refractivity contribution in [3.05, 3.63) is 24.3 Å². The summed E-state index contributed by atoms with van der Waals surface area (Å²) in [5.74, 6) is 3.05. The summed E-state index contributed by atoms with van der Waals surface area (Å²) in [6, 6.07) is 0. The van der Waals surface area contributed by atoms with Gasteiger partial charge >= 0.3 is 218 Å². The normalized spacial score (nSPS) is 37.5. The van der Waals surface area contributed by atoms with Crippen molar-refractivity contribution in [3.63, 3.8) is 0 Å². The Balaban J connectivity index is 1.45. The van der Waals surface area contributed by atoms with Crippen LogP contribution in [0.3, 0.4) is 0 Å². The number of allylic oxidation sites excluding steroid dienone is 4. The molecule has 5 heteroatoms. The van der Waals surface area contributed by atoms with Gasteiger partial charge in [-0.25, -0.2) is 0 Å². The molecule has 0 N–H and O–H groups in total. The summed E-state index contributed by atoms with van der Waals surface area (Å²) in [5, 5.41) is 3.42. The molecule has 0 nitrogen and oxygen atoms in total. The van der Waals surface area contributed by atoms with Crippen LogP contribution in [0.25, 0.3) is 0 Å². The van der Waals surface area contributed by atoms with Gasteiger partial charge < -0.3 is 0 Å². The number of halogens is 2. The average Bonchev–Trinajstić information content (AvgIpc) is 3.68. The van der Waals surface area contributed by atoms with Gasteiger partial charge in [0.15, 0.2) is 0 Å². The summed E-state index contributed by atoms with van der Waals surface area (Å²) in [6.07, 6.45) is 32.6. The average molecular weight is 601 g/mol. The predicted octanol–water partition coefficient (Wildman–Crippen LogP) is 9.98. The first-order chi connectivity index (χ1) is 16.1. The van der Waals surface area contributed by atoms with Crippen LogP contribution in [0, 0.1) is 23.7 Å². The summed E-state index contributed by atoms with van der Waals surface area (Å²) in [6.45, 7) is 0. The topological polar surface area (TPSA) is 0 Å². The molecule has 0 spiro atoms. The predicted molar refractivity (Wildman–Crippen MR) is 147 cm³/mol. The second-order valence-corrected chi connectivity index (χ2v) is 31.7. The Hall–Kier alpha value is 1.28. The fourth-order valence-electron chi connectivity index (χ4n) is 8.27. The van der Waals surface area contributed by atoms with Gasteiger partial charge in [-0.05, 0) is 0 Å². The minimum absolute atomic E-state index is 0.0945. The summed E-state index contributed by atoms with van der Waals surface area (Å²) in [5.41, 5.74) is 0. The van der Waals surface area contributed by atoms with Crippen LogP contribution in [-0.2, 0) is 17.9 Å². The quantitative estimate of drug-likeness (QED) is 0.266. The van der Waals surface area contributed by atoms with Gasteiger partial charge in [-0.15, -0.1) is 0 Å². The Bertz CT molecular complexity index is 798. The van der Waals surface area contributed by atoms with Gasteiger partial charge in [0.05, 0.1) is 0 Å². The first-order valence-corrected chi connectivity index (χ1v) is 24.6. The molecular weight excluding hydrogens is 560 g/mol.